The molecule has 1 aliphatic heterocycles. The van der Waals surface area contributed by atoms with Crippen LogP contribution >= 0.6 is 0 Å². The number of Topliss-reactive ketones (excluding diaryl/α,β-unsaturated/α-hetero) is 1. The Bertz CT molecular complexity index is 1500. The maximum absolute atomic E-state index is 13.3. The van der Waals surface area contributed by atoms with Crippen molar-refractivity contribution in [1.29, 1.82) is 0 Å². The van der Waals surface area contributed by atoms with Gasteiger partial charge in [0.25, 0.3) is 11.7 Å². The molecule has 3 aromatic rings. The number of aliphatic hydroxyl groups excluding tert-OH is 1. The quantitative estimate of drug-likeness (QED) is 0.274. The van der Waals surface area contributed by atoms with Gasteiger partial charge in [0.15, 0.2) is 0 Å². The normalized spacial score (nSPS) is 17.3. The molecule has 192 valence electrons. The Morgan fingerprint density at radius 1 is 0.973 bits per heavy atom. The highest BCUT2D eigenvalue weighted by atomic mass is 32.2. The average molecular weight is 523 g/mol. The lowest BCUT2D eigenvalue weighted by molar-refractivity contribution is -0.132. The predicted octanol–water partition coefficient (Wildman–Crippen LogP) is 3.76. The largest absolute Gasteiger partial charge is 0.507 e. The fourth-order valence-electron chi connectivity index (χ4n) is 4.17. The minimum absolute atomic E-state index is 0.111. The summed E-state index contributed by atoms with van der Waals surface area (Å²) in [5.74, 6) is -1.17. The summed E-state index contributed by atoms with van der Waals surface area (Å²) in [6.07, 6.45) is -0.111. The molecule has 1 amide bonds. The third kappa shape index (κ3) is 5.20. The van der Waals surface area contributed by atoms with Crippen LogP contribution in [-0.4, -0.2) is 38.4 Å². The molecule has 1 heterocycles. The number of rotatable bonds is 7. The van der Waals surface area contributed by atoms with E-state index in [0.717, 1.165) is 0 Å². The molecule has 3 N–H and O–H groups in total. The van der Waals surface area contributed by atoms with Gasteiger partial charge in [-0.25, -0.2) is 13.6 Å². The van der Waals surface area contributed by atoms with Crippen molar-refractivity contribution in [1.82, 2.24) is 0 Å². The molecule has 37 heavy (non-hydrogen) atoms. The van der Waals surface area contributed by atoms with Gasteiger partial charge in [-0.1, -0.05) is 24.3 Å². The molecule has 4 rings (SSSR count). The molecule has 0 saturated carbocycles. The summed E-state index contributed by atoms with van der Waals surface area (Å²) >= 11 is 0. The number of methoxy groups -OCH3 is 1. The Kier molecular flexibility index (Phi) is 7.06. The fourth-order valence-corrected chi connectivity index (χ4v) is 4.68. The van der Waals surface area contributed by atoms with E-state index in [1.54, 1.807) is 48.5 Å². The molecular weight excluding hydrogens is 496 g/mol. The van der Waals surface area contributed by atoms with Crippen LogP contribution in [0.3, 0.4) is 0 Å². The van der Waals surface area contributed by atoms with Crippen molar-refractivity contribution in [2.45, 2.75) is 30.9 Å². The van der Waals surface area contributed by atoms with E-state index in [1.807, 2.05) is 13.8 Å². The summed E-state index contributed by atoms with van der Waals surface area (Å²) in [4.78, 5) is 27.7. The van der Waals surface area contributed by atoms with Crippen molar-refractivity contribution in [3.8, 4) is 11.5 Å². The van der Waals surface area contributed by atoms with Crippen molar-refractivity contribution in [2.75, 3.05) is 12.0 Å². The molecule has 1 fully saturated rings. The molecule has 0 aromatic heterocycles. The molecule has 0 aliphatic carbocycles. The predicted molar refractivity (Wildman–Crippen MR) is 138 cm³/mol. The summed E-state index contributed by atoms with van der Waals surface area (Å²) < 4.78 is 34.5. The van der Waals surface area contributed by atoms with Crippen LogP contribution in [0.4, 0.5) is 5.69 Å². The van der Waals surface area contributed by atoms with Crippen molar-refractivity contribution in [3.05, 3.63) is 89.5 Å². The number of primary sulfonamides is 1. The number of benzene rings is 3. The second kappa shape index (κ2) is 10.1. The average Bonchev–Trinajstić information content (AvgIpc) is 3.13. The third-order valence-corrected chi connectivity index (χ3v) is 6.71. The summed E-state index contributed by atoms with van der Waals surface area (Å²) in [5, 5.41) is 16.5. The first-order chi connectivity index (χ1) is 17.5. The van der Waals surface area contributed by atoms with Crippen LogP contribution in [0.15, 0.2) is 83.3 Å². The lowest BCUT2D eigenvalue weighted by atomic mass is 9.95. The summed E-state index contributed by atoms with van der Waals surface area (Å²) in [7, 11) is -2.47. The van der Waals surface area contributed by atoms with Gasteiger partial charge in [0.2, 0.25) is 10.0 Å². The number of sulfonamides is 1. The first-order valence-corrected chi connectivity index (χ1v) is 12.9. The molecule has 0 bridgehead atoms. The van der Waals surface area contributed by atoms with E-state index in [-0.39, 0.29) is 28.0 Å². The molecule has 1 atom stereocenters. The van der Waals surface area contributed by atoms with E-state index in [1.165, 1.54) is 36.3 Å². The molecular formula is C27H26N2O7S. The number of nitrogens with zero attached hydrogens (tertiary/aromatic N) is 1. The van der Waals surface area contributed by atoms with Crippen LogP contribution in [0, 0.1) is 0 Å². The first kappa shape index (κ1) is 25.9. The van der Waals surface area contributed by atoms with Gasteiger partial charge in [0.1, 0.15) is 17.3 Å². The number of carbonyl (C=O) groups excluding carboxylic acids is 2. The number of amides is 1. The first-order valence-electron chi connectivity index (χ1n) is 11.4. The van der Waals surface area contributed by atoms with Crippen molar-refractivity contribution in [2.24, 2.45) is 5.14 Å². The number of hydrogen-bond acceptors (Lipinski definition) is 7. The smallest absolute Gasteiger partial charge is 0.300 e. The fraction of sp³-hybridized carbons (Fsp3) is 0.185. The van der Waals surface area contributed by atoms with E-state index in [9.17, 15) is 23.1 Å². The standard InChI is InChI=1S/C27H26N2O7S/c1-16(2)36-21-9-5-7-18(15-21)25(30)23-24(17-6-4-8-20(14-17)35-3)29(27(32)26(23)31)19-10-12-22(13-11-19)37(28,33)34/h4-16,24,30H,1-3H3,(H2,28,33,34)/b25-23+. The van der Waals surface area contributed by atoms with Gasteiger partial charge in [-0.05, 0) is 67.9 Å². The van der Waals surface area contributed by atoms with E-state index in [2.05, 4.69) is 0 Å². The Morgan fingerprint density at radius 3 is 2.24 bits per heavy atom. The molecule has 1 aliphatic rings. The molecule has 9 nitrogen and oxygen atoms in total. The van der Waals surface area contributed by atoms with E-state index >= 15 is 0 Å². The molecule has 1 saturated heterocycles. The third-order valence-electron chi connectivity index (χ3n) is 5.78. The van der Waals surface area contributed by atoms with Gasteiger partial charge in [-0.15, -0.1) is 0 Å². The number of hydrogen-bond donors (Lipinski definition) is 2. The monoisotopic (exact) mass is 522 g/mol. The van der Waals surface area contributed by atoms with Gasteiger partial charge in [0, 0.05) is 11.3 Å². The maximum atomic E-state index is 13.3. The van der Waals surface area contributed by atoms with Gasteiger partial charge in [-0.2, -0.15) is 0 Å². The van der Waals surface area contributed by atoms with Gasteiger partial charge >= 0.3 is 0 Å². The van der Waals surface area contributed by atoms with E-state index in [4.69, 9.17) is 14.6 Å². The topological polar surface area (TPSA) is 136 Å². The van der Waals surface area contributed by atoms with Crippen LogP contribution in [0.5, 0.6) is 11.5 Å². The lowest BCUT2D eigenvalue weighted by Gasteiger charge is -2.26. The second-order valence-corrected chi connectivity index (χ2v) is 10.2. The Morgan fingerprint density at radius 2 is 1.62 bits per heavy atom. The van der Waals surface area contributed by atoms with Crippen LogP contribution in [0.25, 0.3) is 5.76 Å². The van der Waals surface area contributed by atoms with Crippen molar-refractivity contribution < 1.29 is 32.6 Å². The van der Waals surface area contributed by atoms with Gasteiger partial charge < -0.3 is 14.6 Å². The highest BCUT2D eigenvalue weighted by Gasteiger charge is 2.47. The zero-order valence-electron chi connectivity index (χ0n) is 20.4. The summed E-state index contributed by atoms with van der Waals surface area (Å²) in [5.41, 5.74) is 0.924. The molecule has 1 unspecified atom stereocenters. The van der Waals surface area contributed by atoms with Crippen LogP contribution in [-0.2, 0) is 19.6 Å². The molecule has 3 aromatic carbocycles. The van der Waals surface area contributed by atoms with E-state index in [0.29, 0.717) is 22.6 Å². The number of carbonyl (C=O) groups is 2. The zero-order valence-corrected chi connectivity index (χ0v) is 21.2. The number of nitrogens with two attached hydrogens (primary N) is 1. The number of anilines is 1. The number of ketones is 1. The Balaban J connectivity index is 1.91. The Hall–Kier alpha value is -4.15. The highest BCUT2D eigenvalue weighted by Crippen LogP contribution is 2.43. The van der Waals surface area contributed by atoms with E-state index < -0.39 is 27.8 Å². The number of ether oxygens (including phenoxy) is 2. The second-order valence-electron chi connectivity index (χ2n) is 8.68. The van der Waals surface area contributed by atoms with Gasteiger partial charge in [-0.3, -0.25) is 14.5 Å². The van der Waals surface area contributed by atoms with Crippen LogP contribution < -0.4 is 19.5 Å². The summed E-state index contributed by atoms with van der Waals surface area (Å²) in [6, 6.07) is 17.6. The van der Waals surface area contributed by atoms with Gasteiger partial charge in [0.05, 0.1) is 29.7 Å². The summed E-state index contributed by atoms with van der Waals surface area (Å²) in [6.45, 7) is 3.73. The Labute approximate surface area is 214 Å². The maximum Gasteiger partial charge on any atom is 0.300 e. The van der Waals surface area contributed by atoms with Crippen molar-refractivity contribution in [3.63, 3.8) is 0 Å². The lowest BCUT2D eigenvalue weighted by Crippen LogP contribution is -2.29. The minimum atomic E-state index is -3.96. The zero-order chi connectivity index (χ0) is 26.9. The highest BCUT2D eigenvalue weighted by molar-refractivity contribution is 7.89. The van der Waals surface area contributed by atoms with Crippen LogP contribution in [0.1, 0.15) is 31.0 Å². The van der Waals surface area contributed by atoms with Crippen molar-refractivity contribution >= 4 is 33.2 Å². The van der Waals surface area contributed by atoms with Crippen LogP contribution in [0.2, 0.25) is 0 Å². The molecule has 0 spiro atoms. The SMILES string of the molecule is COc1cccc(C2/C(=C(\O)c3cccc(OC(C)C)c3)C(=O)C(=O)N2c2ccc(S(N)(=O)=O)cc2)c1. The number of aliphatic hydroxyl groups is 1. The minimum Gasteiger partial charge on any atom is -0.507 e. The molecule has 10 heteroatoms. The molecule has 0 radical (unpaired) electrons.